The number of carbonyl (C=O) groups is 1. The Morgan fingerprint density at radius 1 is 1.33 bits per heavy atom. The van der Waals surface area contributed by atoms with Crippen LogP contribution in [0.1, 0.15) is 29.0 Å². The molecule has 0 unspecified atom stereocenters. The average Bonchev–Trinajstić information content (AvgIpc) is 3.07. The summed E-state index contributed by atoms with van der Waals surface area (Å²) in [6.45, 7) is 0. The molecule has 3 rings (SSSR count). The van der Waals surface area contributed by atoms with Gasteiger partial charge in [-0.2, -0.15) is 0 Å². The number of ether oxygens (including phenoxy) is 1. The Morgan fingerprint density at radius 3 is 2.86 bits per heavy atom. The number of carbonyl (C=O) groups excluding carboxylic acids is 1. The van der Waals surface area contributed by atoms with Crippen LogP contribution in [0, 0.1) is 0 Å². The van der Waals surface area contributed by atoms with Gasteiger partial charge in [-0.05, 0) is 43.4 Å². The molecule has 0 aliphatic heterocycles. The van der Waals surface area contributed by atoms with Crippen LogP contribution in [-0.2, 0) is 24.1 Å². The number of aromatic nitrogens is 1. The monoisotopic (exact) mass is 302 g/mol. The molecule has 0 saturated heterocycles. The van der Waals surface area contributed by atoms with Crippen molar-refractivity contribution in [2.75, 3.05) is 12.4 Å². The van der Waals surface area contributed by atoms with Crippen molar-refractivity contribution in [1.29, 1.82) is 0 Å². The van der Waals surface area contributed by atoms with Gasteiger partial charge in [-0.3, -0.25) is 4.79 Å². The first-order chi connectivity index (χ1) is 10.2. The molecule has 5 heteroatoms. The van der Waals surface area contributed by atoms with Gasteiger partial charge in [0.2, 0.25) is 5.91 Å². The summed E-state index contributed by atoms with van der Waals surface area (Å²) in [6.07, 6.45) is 4.54. The quantitative estimate of drug-likeness (QED) is 0.922. The largest absolute Gasteiger partial charge is 0.497 e. The highest BCUT2D eigenvalue weighted by Gasteiger charge is 2.17. The van der Waals surface area contributed by atoms with Crippen molar-refractivity contribution in [3.63, 3.8) is 0 Å². The Balaban J connectivity index is 1.51. The van der Waals surface area contributed by atoms with Crippen LogP contribution in [0.5, 0.6) is 5.75 Å². The van der Waals surface area contributed by atoms with E-state index >= 15 is 0 Å². The van der Waals surface area contributed by atoms with Gasteiger partial charge in [0.05, 0.1) is 12.8 Å². The van der Waals surface area contributed by atoms with Gasteiger partial charge >= 0.3 is 0 Å². The number of thiazole rings is 1. The van der Waals surface area contributed by atoms with Crippen LogP contribution >= 0.6 is 11.3 Å². The Hall–Kier alpha value is -1.88. The molecule has 4 nitrogen and oxygen atoms in total. The van der Waals surface area contributed by atoms with Crippen molar-refractivity contribution < 1.29 is 9.53 Å². The molecule has 2 aromatic rings. The van der Waals surface area contributed by atoms with Gasteiger partial charge in [-0.15, -0.1) is 11.3 Å². The molecule has 1 heterocycles. The first-order valence-electron chi connectivity index (χ1n) is 7.16. The van der Waals surface area contributed by atoms with Crippen molar-refractivity contribution in [3.8, 4) is 5.75 Å². The summed E-state index contributed by atoms with van der Waals surface area (Å²) in [4.78, 5) is 17.8. The van der Waals surface area contributed by atoms with Crippen LogP contribution in [0.25, 0.3) is 0 Å². The van der Waals surface area contributed by atoms with Gasteiger partial charge in [-0.25, -0.2) is 4.98 Å². The smallest absolute Gasteiger partial charge is 0.226 e. The van der Waals surface area contributed by atoms with Gasteiger partial charge in [0, 0.05) is 11.3 Å². The fourth-order valence-electron chi connectivity index (χ4n) is 2.48. The molecule has 0 radical (unpaired) electrons. The van der Waals surface area contributed by atoms with E-state index in [2.05, 4.69) is 10.3 Å². The molecule has 110 valence electrons. The fraction of sp³-hybridized carbons (Fsp3) is 0.375. The Kier molecular flexibility index (Phi) is 4.20. The van der Waals surface area contributed by atoms with E-state index in [0.717, 1.165) is 35.7 Å². The second-order valence-corrected chi connectivity index (χ2v) is 6.22. The van der Waals surface area contributed by atoms with Crippen LogP contribution in [0.3, 0.4) is 0 Å². The maximum atomic E-state index is 12.0. The van der Waals surface area contributed by atoms with Gasteiger partial charge in [-0.1, -0.05) is 12.1 Å². The van der Waals surface area contributed by atoms with E-state index in [1.165, 1.54) is 17.0 Å². The molecule has 1 N–H and O–H groups in total. The lowest BCUT2D eigenvalue weighted by atomic mass is 10.1. The number of nitrogens with zero attached hydrogens (tertiary/aromatic N) is 1. The highest BCUT2D eigenvalue weighted by atomic mass is 32.1. The normalized spacial score (nSPS) is 13.0. The van der Waals surface area contributed by atoms with Crippen LogP contribution in [0.15, 0.2) is 24.3 Å². The van der Waals surface area contributed by atoms with Crippen LogP contribution in [0.2, 0.25) is 0 Å². The first-order valence-corrected chi connectivity index (χ1v) is 7.97. The average molecular weight is 302 g/mol. The number of aryl methyl sites for hydroxylation is 3. The minimum atomic E-state index is 0.0261. The number of amides is 1. The van der Waals surface area contributed by atoms with Crippen molar-refractivity contribution in [2.24, 2.45) is 0 Å². The molecule has 0 fully saturated rings. The second kappa shape index (κ2) is 6.26. The van der Waals surface area contributed by atoms with Gasteiger partial charge in [0.25, 0.3) is 0 Å². The summed E-state index contributed by atoms with van der Waals surface area (Å²) in [7, 11) is 1.65. The standard InChI is InChI=1S/C16H18N2O2S/c1-20-12-8-5-11(6-9-12)7-10-15(19)18-16-17-13-3-2-4-14(13)21-16/h5-6,8-9H,2-4,7,10H2,1H3,(H,17,18,19). The summed E-state index contributed by atoms with van der Waals surface area (Å²) in [5, 5.41) is 3.66. The maximum Gasteiger partial charge on any atom is 0.226 e. The Morgan fingerprint density at radius 2 is 2.14 bits per heavy atom. The molecule has 0 atom stereocenters. The third-order valence-electron chi connectivity index (χ3n) is 3.64. The number of rotatable bonds is 5. The number of benzene rings is 1. The lowest BCUT2D eigenvalue weighted by Crippen LogP contribution is -2.12. The van der Waals surface area contributed by atoms with Crippen molar-refractivity contribution >= 4 is 22.4 Å². The minimum Gasteiger partial charge on any atom is -0.497 e. The molecule has 1 aromatic carbocycles. The van der Waals surface area contributed by atoms with E-state index in [0.29, 0.717) is 6.42 Å². The summed E-state index contributed by atoms with van der Waals surface area (Å²) < 4.78 is 5.12. The number of methoxy groups -OCH3 is 1. The van der Waals surface area contributed by atoms with E-state index in [4.69, 9.17) is 4.74 Å². The summed E-state index contributed by atoms with van der Waals surface area (Å²) in [6, 6.07) is 7.81. The summed E-state index contributed by atoms with van der Waals surface area (Å²) in [5.74, 6) is 0.860. The predicted molar refractivity (Wildman–Crippen MR) is 84.1 cm³/mol. The van der Waals surface area contributed by atoms with Crippen molar-refractivity contribution in [3.05, 3.63) is 40.4 Å². The highest BCUT2D eigenvalue weighted by Crippen LogP contribution is 2.30. The third-order valence-corrected chi connectivity index (χ3v) is 4.71. The molecule has 1 aliphatic rings. The number of nitrogens with one attached hydrogen (secondary N) is 1. The molecule has 0 bridgehead atoms. The molecular weight excluding hydrogens is 284 g/mol. The number of hydrogen-bond donors (Lipinski definition) is 1. The zero-order chi connectivity index (χ0) is 14.7. The van der Waals surface area contributed by atoms with Crippen LogP contribution in [-0.4, -0.2) is 18.0 Å². The first kappa shape index (κ1) is 14.1. The maximum absolute atomic E-state index is 12.0. The lowest BCUT2D eigenvalue weighted by Gasteiger charge is -2.04. The van der Waals surface area contributed by atoms with E-state index in [9.17, 15) is 4.79 Å². The van der Waals surface area contributed by atoms with Gasteiger partial charge in [0.15, 0.2) is 5.13 Å². The number of fused-ring (bicyclic) bond motifs is 1. The van der Waals surface area contributed by atoms with Crippen molar-refractivity contribution in [1.82, 2.24) is 4.98 Å². The fourth-order valence-corrected chi connectivity index (χ4v) is 3.54. The van der Waals surface area contributed by atoms with Crippen molar-refractivity contribution in [2.45, 2.75) is 32.1 Å². The molecule has 0 spiro atoms. The zero-order valence-corrected chi connectivity index (χ0v) is 12.8. The second-order valence-electron chi connectivity index (χ2n) is 5.14. The van der Waals surface area contributed by atoms with E-state index in [1.807, 2.05) is 24.3 Å². The molecule has 1 aliphatic carbocycles. The number of hydrogen-bond acceptors (Lipinski definition) is 4. The predicted octanol–water partition coefficient (Wildman–Crippen LogP) is 3.21. The Bertz CT molecular complexity index is 613. The van der Waals surface area contributed by atoms with Crippen LogP contribution in [0.4, 0.5) is 5.13 Å². The van der Waals surface area contributed by atoms with Crippen LogP contribution < -0.4 is 10.1 Å². The molecule has 1 amide bonds. The number of anilines is 1. The molecule has 21 heavy (non-hydrogen) atoms. The summed E-state index contributed by atoms with van der Waals surface area (Å²) >= 11 is 1.62. The minimum absolute atomic E-state index is 0.0261. The van der Waals surface area contributed by atoms with Gasteiger partial charge < -0.3 is 10.1 Å². The Labute approximate surface area is 128 Å². The lowest BCUT2D eigenvalue weighted by molar-refractivity contribution is -0.116. The topological polar surface area (TPSA) is 51.2 Å². The van der Waals surface area contributed by atoms with E-state index in [1.54, 1.807) is 18.4 Å². The molecule has 1 aromatic heterocycles. The highest BCUT2D eigenvalue weighted by molar-refractivity contribution is 7.15. The summed E-state index contributed by atoms with van der Waals surface area (Å²) in [5.41, 5.74) is 2.30. The van der Waals surface area contributed by atoms with E-state index in [-0.39, 0.29) is 5.91 Å². The van der Waals surface area contributed by atoms with E-state index < -0.39 is 0 Å². The SMILES string of the molecule is COc1ccc(CCC(=O)Nc2nc3c(s2)CCC3)cc1. The molecule has 0 saturated carbocycles. The third kappa shape index (κ3) is 3.42. The van der Waals surface area contributed by atoms with Gasteiger partial charge in [0.1, 0.15) is 5.75 Å². The zero-order valence-electron chi connectivity index (χ0n) is 12.0. The molecular formula is C16H18N2O2S.